The molecule has 6 aliphatic rings. The predicted molar refractivity (Wildman–Crippen MR) is 286 cm³/mol. The van der Waals surface area contributed by atoms with Crippen molar-refractivity contribution in [2.24, 2.45) is 32.9 Å². The largest absolute Gasteiger partial charge is 0.780 e. The molecule has 5 radical (unpaired) electrons. The Bertz CT molecular complexity index is 2290. The van der Waals surface area contributed by atoms with Crippen LogP contribution in [0.1, 0.15) is 39.5 Å². The average molecular weight is 1250 g/mol. The molecule has 80 heavy (non-hydrogen) atoms. The number of nitrogens with one attached hydrogen (secondary N) is 1. The molecule has 40 heteroatoms. The summed E-state index contributed by atoms with van der Waals surface area (Å²) in [6, 6.07) is -5.55. The van der Waals surface area contributed by atoms with Crippen LogP contribution in [0, 0.1) is 0 Å². The van der Waals surface area contributed by atoms with Gasteiger partial charge in [0.1, 0.15) is 102 Å². The molecule has 5 heterocycles. The maximum absolute atomic E-state index is 13.8. The van der Waals surface area contributed by atoms with Crippen LogP contribution in [0.15, 0.2) is 22.0 Å². The van der Waals surface area contributed by atoms with Crippen molar-refractivity contribution < 1.29 is 115 Å². The van der Waals surface area contributed by atoms with Crippen molar-refractivity contribution in [3.8, 4) is 0 Å². The second kappa shape index (κ2) is 29.0. The number of rotatable bonds is 27. The molecule has 26 unspecified atom stereocenters. The quantitative estimate of drug-likeness (QED) is 0.0157. The Morgan fingerprint density at radius 3 is 1.80 bits per heavy atom. The van der Waals surface area contributed by atoms with Crippen LogP contribution in [-0.4, -0.2) is 257 Å². The van der Waals surface area contributed by atoms with E-state index in [4.69, 9.17) is 139 Å². The van der Waals surface area contributed by atoms with E-state index < -0.39 is 198 Å². The molecular formula is C40H69B3N7O24P3S3-3. The molecule has 0 spiro atoms. The van der Waals surface area contributed by atoms with Crippen LogP contribution in [0.3, 0.4) is 0 Å². The molecule has 6 rings (SSSR count). The molecule has 5 saturated heterocycles. The number of aliphatic imine (C=N–C) groups is 2. The first-order valence-corrected chi connectivity index (χ1v) is 32.7. The van der Waals surface area contributed by atoms with Gasteiger partial charge in [0, 0.05) is 31.5 Å². The number of nitrogens with zero attached hydrogens (tertiary/aromatic N) is 2. The number of ether oxygens (including phenoxy) is 8. The third-order valence-corrected chi connectivity index (χ3v) is 18.5. The van der Waals surface area contributed by atoms with Crippen LogP contribution in [0.2, 0.25) is 0 Å². The van der Waals surface area contributed by atoms with E-state index in [9.17, 15) is 50.4 Å². The summed E-state index contributed by atoms with van der Waals surface area (Å²) in [5, 5.41) is 81.2. The lowest BCUT2D eigenvalue weighted by Crippen LogP contribution is -2.65. The Labute approximate surface area is 480 Å². The highest BCUT2D eigenvalue weighted by Crippen LogP contribution is 2.49. The fraction of sp³-hybridized carbons (Fsp3) is 0.900. The van der Waals surface area contributed by atoms with E-state index in [1.165, 1.54) is 40.4 Å². The molecular weight excluding hydrogens is 1180 g/mol. The zero-order valence-electron chi connectivity index (χ0n) is 43.7. The zero-order chi connectivity index (χ0) is 59.3. The van der Waals surface area contributed by atoms with Gasteiger partial charge in [-0.1, -0.05) is 41.5 Å². The number of guanidine groups is 2. The Morgan fingerprint density at radius 2 is 1.29 bits per heavy atom. The van der Waals surface area contributed by atoms with Crippen LogP contribution < -0.4 is 42.9 Å². The fourth-order valence-corrected chi connectivity index (χ4v) is 14.4. The van der Waals surface area contributed by atoms with Crippen LogP contribution in [0.5, 0.6) is 0 Å². The van der Waals surface area contributed by atoms with Gasteiger partial charge < -0.3 is 144 Å². The van der Waals surface area contributed by atoms with Crippen molar-refractivity contribution in [2.45, 2.75) is 179 Å². The second-order valence-electron chi connectivity index (χ2n) is 19.5. The third kappa shape index (κ3) is 17.6. The van der Waals surface area contributed by atoms with Crippen LogP contribution in [0.4, 0.5) is 0 Å². The normalized spacial score (nSPS) is 43.6. The summed E-state index contributed by atoms with van der Waals surface area (Å²) in [4.78, 5) is 47.4. The van der Waals surface area contributed by atoms with E-state index in [0.29, 0.717) is 0 Å². The zero-order valence-corrected chi connectivity index (χ0v) is 48.8. The topological polar surface area (TPSA) is 481 Å². The highest BCUT2D eigenvalue weighted by atomic mass is 32.5. The lowest BCUT2D eigenvalue weighted by molar-refractivity contribution is -0.315. The molecule has 0 aromatic carbocycles. The molecule has 26 atom stereocenters. The van der Waals surface area contributed by atoms with Crippen molar-refractivity contribution in [3.63, 3.8) is 0 Å². The molecule has 5 aliphatic heterocycles. The molecule has 1 saturated carbocycles. The number of hydrogen-bond acceptors (Lipinski definition) is 30. The predicted octanol–water partition coefficient (Wildman–Crippen LogP) is -8.48. The second-order valence-corrected chi connectivity index (χ2v) is 27.6. The summed E-state index contributed by atoms with van der Waals surface area (Å²) in [7, 11) is 16.2. The maximum Gasteiger partial charge on any atom is 0.188 e. The van der Waals surface area contributed by atoms with Gasteiger partial charge in [-0.2, -0.15) is 0 Å². The van der Waals surface area contributed by atoms with Crippen molar-refractivity contribution in [2.75, 3.05) is 47.2 Å². The van der Waals surface area contributed by atoms with Gasteiger partial charge in [0.2, 0.25) is 0 Å². The van der Waals surface area contributed by atoms with Gasteiger partial charge in [0.05, 0.1) is 69.6 Å². The smallest absolute Gasteiger partial charge is 0.188 e. The van der Waals surface area contributed by atoms with E-state index >= 15 is 0 Å². The highest BCUT2D eigenvalue weighted by Gasteiger charge is 2.60. The lowest BCUT2D eigenvalue weighted by Gasteiger charge is -2.46. The molecule has 0 aromatic heterocycles. The minimum absolute atomic E-state index is 0.00732. The van der Waals surface area contributed by atoms with Gasteiger partial charge in [0.15, 0.2) is 37.5 Å². The first-order chi connectivity index (χ1) is 37.4. The minimum Gasteiger partial charge on any atom is -0.780 e. The molecule has 1 aliphatic carbocycles. The van der Waals surface area contributed by atoms with E-state index in [2.05, 4.69) is 15.3 Å². The number of hydrogen-bond donors (Lipinski definition) is 12. The monoisotopic (exact) mass is 1250 g/mol. The van der Waals surface area contributed by atoms with E-state index in [1.54, 1.807) is 6.92 Å². The third-order valence-electron chi connectivity index (χ3n) is 13.7. The van der Waals surface area contributed by atoms with Crippen molar-refractivity contribution in [3.05, 3.63) is 12.1 Å². The Hall–Kier alpha value is -0.575. The van der Waals surface area contributed by atoms with Crippen LogP contribution in [0.25, 0.3) is 0 Å². The number of aliphatic hydroxyl groups excluding tert-OH is 5. The van der Waals surface area contributed by atoms with Crippen molar-refractivity contribution in [1.82, 2.24) is 5.32 Å². The summed E-state index contributed by atoms with van der Waals surface area (Å²) < 4.78 is 80.1. The number of methoxy groups -OCH3 is 1. The molecule has 6 fully saturated rings. The molecule has 0 aromatic rings. The van der Waals surface area contributed by atoms with Crippen molar-refractivity contribution >= 4 is 90.5 Å². The molecule has 0 bridgehead atoms. The standard InChI is InChI=1S/C40H72B3N7O24P3S3/c1-5-62-75(58,78)72-17-8-25(41)66-23(17)14-63-76(59,79)73-18-9-26(42)67-24(18)15-64-77(60,80)74-19-10-27(68-22(19)13-61-4)43-7-6-39(56)16(2)65-36(34(39)71-35-28(48-3)31(54)30(53)21(12-51)70-35)69-20-11-40(57,50-38(46)47)33(49-37(44)45)32(55)29(20)52/h6-7,16-36,48,51-57H,5,8-15H2,1-4H3,(H,58,78)(H,59,79)(H,60,80)(H4,44,45,49)(H4,46,47,50)/p-3/b7-6+. The van der Waals surface area contributed by atoms with Gasteiger partial charge in [-0.05, 0) is 40.2 Å². The lowest BCUT2D eigenvalue weighted by atomic mass is 9.69. The fourth-order valence-electron chi connectivity index (χ4n) is 9.90. The summed E-state index contributed by atoms with van der Waals surface area (Å²) in [6.07, 6.45) is -21.7. The van der Waals surface area contributed by atoms with Crippen molar-refractivity contribution in [1.29, 1.82) is 0 Å². The SMILES string of the molecule is [B]C1CC(OP([O-])(=S)OCC)C(COP([O-])(=S)OC2CC([B])OC2COP([O-])(=S)OC2CC([B]/C=C/C3(O)C(C)OC(OC4CC(O)(N=C(N)N)C(N=C(N)N)C(O)C4O)C3OC3OC(CO)C(O)C(O)C3NC)OC2COC)O1. The van der Waals surface area contributed by atoms with Gasteiger partial charge in [0.25, 0.3) is 0 Å². The molecule has 453 valence electrons. The molecule has 0 amide bonds. The molecule has 31 nitrogen and oxygen atoms in total. The number of aliphatic hydroxyl groups is 7. The summed E-state index contributed by atoms with van der Waals surface area (Å²) in [6.45, 7) is -11.5. The Kier molecular flexibility index (Phi) is 24.8. The van der Waals surface area contributed by atoms with E-state index in [1.807, 2.05) is 0 Å². The molecule has 16 N–H and O–H groups in total. The first-order valence-electron chi connectivity index (χ1n) is 25.0. The summed E-state index contributed by atoms with van der Waals surface area (Å²) in [5.41, 5.74) is 17.6. The van der Waals surface area contributed by atoms with Crippen LogP contribution in [-0.2, 0) is 100 Å². The highest BCUT2D eigenvalue weighted by molar-refractivity contribution is 8.07. The summed E-state index contributed by atoms with van der Waals surface area (Å²) in [5.74, 6) is 0.153. The van der Waals surface area contributed by atoms with E-state index in [-0.39, 0.29) is 32.5 Å². The van der Waals surface area contributed by atoms with Gasteiger partial charge in [-0.25, -0.2) is 9.98 Å². The Balaban J connectivity index is 1.12. The van der Waals surface area contributed by atoms with Gasteiger partial charge >= 0.3 is 0 Å². The minimum atomic E-state index is -4.42. The summed E-state index contributed by atoms with van der Waals surface area (Å²) >= 11 is 15.3. The first kappa shape index (κ1) is 68.5. The average Bonchev–Trinajstić information content (AvgIpc) is 4.12. The van der Waals surface area contributed by atoms with Gasteiger partial charge in [-0.15, -0.1) is 5.98 Å². The number of likely N-dealkylation sites (N-methyl/N-ethyl adjacent to an activating group) is 1. The van der Waals surface area contributed by atoms with Crippen LogP contribution >= 0.6 is 20.2 Å². The van der Waals surface area contributed by atoms with E-state index in [0.717, 1.165) is 0 Å². The maximum atomic E-state index is 13.8. The van der Waals surface area contributed by atoms with Gasteiger partial charge in [-0.3, -0.25) is 0 Å². The number of nitrogens with two attached hydrogens (primary N) is 4. The Morgan fingerprint density at radius 1 is 0.738 bits per heavy atom.